The van der Waals surface area contributed by atoms with Crippen LogP contribution in [0.15, 0.2) is 70.9 Å². The molecule has 0 spiro atoms. The van der Waals surface area contributed by atoms with Crippen LogP contribution in [-0.4, -0.2) is 41.5 Å². The number of carbonyl (C=O) groups is 1. The number of pyridine rings is 1. The van der Waals surface area contributed by atoms with E-state index < -0.39 is 10.0 Å². The van der Waals surface area contributed by atoms with Crippen LogP contribution in [0.3, 0.4) is 0 Å². The van der Waals surface area contributed by atoms with E-state index >= 15 is 0 Å². The van der Waals surface area contributed by atoms with Crippen LogP contribution in [0.1, 0.15) is 11.1 Å². The van der Waals surface area contributed by atoms with Crippen LogP contribution in [0.4, 0.5) is 0 Å². The largest absolute Gasteiger partial charge is 0.350 e. The Balaban J connectivity index is 1.36. The van der Waals surface area contributed by atoms with Gasteiger partial charge in [-0.15, -0.1) is 0 Å². The zero-order chi connectivity index (χ0) is 19.6. The van der Waals surface area contributed by atoms with Crippen LogP contribution in [0.2, 0.25) is 0 Å². The molecule has 0 aliphatic carbocycles. The maximum atomic E-state index is 12.1. The van der Waals surface area contributed by atoms with Crippen molar-refractivity contribution < 1.29 is 13.2 Å². The molecule has 9 nitrogen and oxygen atoms in total. The smallest absolute Gasteiger partial charge is 0.263 e. The van der Waals surface area contributed by atoms with Gasteiger partial charge in [-0.25, -0.2) is 18.1 Å². The predicted octanol–water partition coefficient (Wildman–Crippen LogP) is 0.622. The second kappa shape index (κ2) is 7.24. The monoisotopic (exact) mass is 396 g/mol. The maximum Gasteiger partial charge on any atom is 0.263 e. The highest BCUT2D eigenvalue weighted by Gasteiger charge is 2.30. The highest BCUT2D eigenvalue weighted by molar-refractivity contribution is 7.90. The molecule has 2 aromatic heterocycles. The summed E-state index contributed by atoms with van der Waals surface area (Å²) in [5.41, 5.74) is 1.29. The molecule has 1 amide bonds. The molecule has 1 aliphatic heterocycles. The topological polar surface area (TPSA) is 118 Å². The molecule has 2 N–H and O–H groups in total. The summed E-state index contributed by atoms with van der Waals surface area (Å²) in [6.45, 7) is 0.101. The molecule has 0 atom stereocenters. The summed E-state index contributed by atoms with van der Waals surface area (Å²) in [5.74, 6) is 0.530. The van der Waals surface area contributed by atoms with E-state index in [1.165, 1.54) is 6.07 Å². The average Bonchev–Trinajstić information content (AvgIpc) is 3.32. The second-order valence-corrected chi connectivity index (χ2v) is 7.67. The number of carbonyl (C=O) groups excluding carboxylic acids is 1. The van der Waals surface area contributed by atoms with E-state index in [2.05, 4.69) is 25.1 Å². The molecule has 3 heterocycles. The van der Waals surface area contributed by atoms with Crippen molar-refractivity contribution >= 4 is 21.8 Å². The van der Waals surface area contributed by atoms with E-state index in [9.17, 15) is 13.2 Å². The summed E-state index contributed by atoms with van der Waals surface area (Å²) in [6.07, 6.45) is 5.11. The Kier molecular flexibility index (Phi) is 4.62. The predicted molar refractivity (Wildman–Crippen MR) is 101 cm³/mol. The molecule has 1 aliphatic rings. The van der Waals surface area contributed by atoms with Gasteiger partial charge in [-0.1, -0.05) is 18.2 Å². The average molecular weight is 396 g/mol. The van der Waals surface area contributed by atoms with Gasteiger partial charge in [-0.2, -0.15) is 5.10 Å². The van der Waals surface area contributed by atoms with E-state index in [-0.39, 0.29) is 23.2 Å². The van der Waals surface area contributed by atoms with E-state index in [4.69, 9.17) is 0 Å². The molecular weight excluding hydrogens is 380 g/mol. The number of amides is 1. The maximum absolute atomic E-state index is 12.1. The van der Waals surface area contributed by atoms with Gasteiger partial charge in [0.1, 0.15) is 12.4 Å². The number of hydrogen-bond donors (Lipinski definition) is 2. The zero-order valence-corrected chi connectivity index (χ0v) is 15.4. The Morgan fingerprint density at radius 2 is 2.04 bits per heavy atom. The van der Waals surface area contributed by atoms with Crippen molar-refractivity contribution in [2.24, 2.45) is 4.99 Å². The van der Waals surface area contributed by atoms with Crippen molar-refractivity contribution in [3.8, 4) is 5.82 Å². The fourth-order valence-corrected chi connectivity index (χ4v) is 3.97. The first-order chi connectivity index (χ1) is 13.5. The fraction of sp³-hybridized carbons (Fsp3) is 0.111. The third kappa shape index (κ3) is 3.62. The number of amidine groups is 1. The highest BCUT2D eigenvalue weighted by atomic mass is 32.2. The standard InChI is InChI=1S/C18H16N6O3S/c25-17(12-21-18-14-4-1-2-5-15(14)28(26,27)23-18)20-11-13-6-7-16(19-10-13)24-9-3-8-22-24/h1-10H,11-12H2,(H,20,25)(H,21,23). The molecular formula is C18H16N6O3S. The number of sulfonamides is 1. The van der Waals surface area contributed by atoms with Crippen LogP contribution >= 0.6 is 0 Å². The Morgan fingerprint density at radius 1 is 1.18 bits per heavy atom. The lowest BCUT2D eigenvalue weighted by Gasteiger charge is -2.05. The van der Waals surface area contributed by atoms with E-state index in [0.717, 1.165) is 5.56 Å². The molecule has 0 saturated heterocycles. The lowest BCUT2D eigenvalue weighted by atomic mass is 10.2. The fourth-order valence-electron chi connectivity index (χ4n) is 2.72. The van der Waals surface area contributed by atoms with Crippen LogP contribution < -0.4 is 10.0 Å². The summed E-state index contributed by atoms with van der Waals surface area (Å²) in [5, 5.41) is 6.84. The first-order valence-corrected chi connectivity index (χ1v) is 9.89. The number of nitrogens with zero attached hydrogens (tertiary/aromatic N) is 4. The van der Waals surface area contributed by atoms with Gasteiger partial charge in [-0.05, 0) is 29.8 Å². The molecule has 0 radical (unpaired) electrons. The minimum absolute atomic E-state index is 0.164. The van der Waals surface area contributed by atoms with Gasteiger partial charge in [0.05, 0.1) is 4.90 Å². The Hall–Kier alpha value is -3.53. The molecule has 142 valence electrons. The number of nitrogens with one attached hydrogen (secondary N) is 2. The molecule has 0 saturated carbocycles. The van der Waals surface area contributed by atoms with Gasteiger partial charge < -0.3 is 5.32 Å². The lowest BCUT2D eigenvalue weighted by Crippen LogP contribution is -2.28. The highest BCUT2D eigenvalue weighted by Crippen LogP contribution is 2.21. The van der Waals surface area contributed by atoms with Gasteiger partial charge in [0.2, 0.25) is 5.91 Å². The SMILES string of the molecule is O=C(CN=C1NS(=O)(=O)c2ccccc21)NCc1ccc(-n2cccn2)nc1. The Labute approximate surface area is 161 Å². The minimum atomic E-state index is -3.61. The molecule has 3 aromatic rings. The number of benzene rings is 1. The van der Waals surface area contributed by atoms with Gasteiger partial charge in [-0.3, -0.25) is 14.5 Å². The van der Waals surface area contributed by atoms with Crippen LogP contribution in [0.5, 0.6) is 0 Å². The number of hydrogen-bond acceptors (Lipinski definition) is 6. The summed E-state index contributed by atoms with van der Waals surface area (Å²) in [4.78, 5) is 20.6. The van der Waals surface area contributed by atoms with E-state index in [1.54, 1.807) is 53.6 Å². The van der Waals surface area contributed by atoms with Crippen molar-refractivity contribution in [1.82, 2.24) is 24.8 Å². The van der Waals surface area contributed by atoms with Crippen LogP contribution in [0.25, 0.3) is 5.82 Å². The van der Waals surface area contributed by atoms with E-state index in [1.807, 2.05) is 6.07 Å². The van der Waals surface area contributed by atoms with Gasteiger partial charge >= 0.3 is 0 Å². The molecule has 0 bridgehead atoms. The second-order valence-electron chi connectivity index (χ2n) is 6.02. The summed E-state index contributed by atoms with van der Waals surface area (Å²) in [7, 11) is -3.61. The van der Waals surface area contributed by atoms with Crippen molar-refractivity contribution in [2.45, 2.75) is 11.4 Å². The lowest BCUT2D eigenvalue weighted by molar-refractivity contribution is -0.119. The summed E-state index contributed by atoms with van der Waals surface area (Å²) in [6, 6.07) is 12.0. The quantitative estimate of drug-likeness (QED) is 0.655. The molecule has 28 heavy (non-hydrogen) atoms. The number of rotatable bonds is 5. The van der Waals surface area contributed by atoms with Crippen LogP contribution in [-0.2, 0) is 21.4 Å². The summed E-state index contributed by atoms with van der Waals surface area (Å²) >= 11 is 0. The van der Waals surface area contributed by atoms with Crippen molar-refractivity contribution in [1.29, 1.82) is 0 Å². The van der Waals surface area contributed by atoms with Gasteiger partial charge in [0.25, 0.3) is 10.0 Å². The molecule has 4 rings (SSSR count). The van der Waals surface area contributed by atoms with Gasteiger partial charge in [0, 0.05) is 30.7 Å². The Bertz CT molecular complexity index is 1140. The number of aliphatic imine (C=N–C) groups is 1. The number of aromatic nitrogens is 3. The molecule has 10 heteroatoms. The van der Waals surface area contributed by atoms with E-state index in [0.29, 0.717) is 17.9 Å². The van der Waals surface area contributed by atoms with Crippen LogP contribution in [0, 0.1) is 0 Å². The van der Waals surface area contributed by atoms with Crippen molar-refractivity contribution in [3.05, 3.63) is 72.2 Å². The third-order valence-corrected chi connectivity index (χ3v) is 5.48. The first kappa shape index (κ1) is 17.9. The minimum Gasteiger partial charge on any atom is -0.350 e. The van der Waals surface area contributed by atoms with Crippen molar-refractivity contribution in [2.75, 3.05) is 6.54 Å². The third-order valence-electron chi connectivity index (χ3n) is 4.08. The summed E-state index contributed by atoms with van der Waals surface area (Å²) < 4.78 is 28.1. The number of fused-ring (bicyclic) bond motifs is 1. The normalized spacial score (nSPS) is 15.8. The van der Waals surface area contributed by atoms with Gasteiger partial charge in [0.15, 0.2) is 5.82 Å². The van der Waals surface area contributed by atoms with Crippen molar-refractivity contribution in [3.63, 3.8) is 0 Å². The Morgan fingerprint density at radius 3 is 2.79 bits per heavy atom. The molecule has 0 fully saturated rings. The zero-order valence-electron chi connectivity index (χ0n) is 14.6. The molecule has 0 unspecified atom stereocenters. The molecule has 1 aromatic carbocycles. The first-order valence-electron chi connectivity index (χ1n) is 8.41.